The molecule has 0 aliphatic carbocycles. The minimum Gasteiger partial charge on any atom is -0.497 e. The lowest BCUT2D eigenvalue weighted by Gasteiger charge is -2.36. The van der Waals surface area contributed by atoms with Crippen LogP contribution in [0.2, 0.25) is 0 Å². The van der Waals surface area contributed by atoms with Crippen LogP contribution in [0, 0.1) is 0 Å². The zero-order chi connectivity index (χ0) is 13.9. The first-order valence-electron chi connectivity index (χ1n) is 7.13. The molecular weight excluding hydrogens is 236 g/mol. The van der Waals surface area contributed by atoms with Crippen LogP contribution in [0.4, 0.5) is 0 Å². The summed E-state index contributed by atoms with van der Waals surface area (Å²) in [6.07, 6.45) is 2.42. The standard InChI is InChI=1S/C16H26N2O/c1-16(2,17)12-18-9-7-13(8-10-18)14-5-4-6-15(11-14)19-3/h4-6,11,13H,7-10,12,17H2,1-3H3. The van der Waals surface area contributed by atoms with Gasteiger partial charge in [-0.05, 0) is 63.4 Å². The minimum absolute atomic E-state index is 0.0944. The largest absolute Gasteiger partial charge is 0.497 e. The summed E-state index contributed by atoms with van der Waals surface area (Å²) in [6, 6.07) is 8.49. The smallest absolute Gasteiger partial charge is 0.119 e. The maximum Gasteiger partial charge on any atom is 0.119 e. The number of benzene rings is 1. The number of likely N-dealkylation sites (tertiary alicyclic amines) is 1. The zero-order valence-corrected chi connectivity index (χ0v) is 12.4. The highest BCUT2D eigenvalue weighted by Crippen LogP contribution is 2.30. The van der Waals surface area contributed by atoms with Crippen LogP contribution < -0.4 is 10.5 Å². The third-order valence-electron chi connectivity index (χ3n) is 3.78. The Morgan fingerprint density at radius 2 is 2.00 bits per heavy atom. The number of nitrogens with zero attached hydrogens (tertiary/aromatic N) is 1. The second-order valence-electron chi connectivity index (χ2n) is 6.32. The highest BCUT2D eigenvalue weighted by molar-refractivity contribution is 5.31. The average molecular weight is 262 g/mol. The molecule has 1 fully saturated rings. The summed E-state index contributed by atoms with van der Waals surface area (Å²) in [5, 5.41) is 0. The van der Waals surface area contributed by atoms with Crippen LogP contribution in [0.15, 0.2) is 24.3 Å². The first-order valence-corrected chi connectivity index (χ1v) is 7.13. The monoisotopic (exact) mass is 262 g/mol. The van der Waals surface area contributed by atoms with Crippen LogP contribution in [-0.4, -0.2) is 37.2 Å². The maximum atomic E-state index is 6.09. The summed E-state index contributed by atoms with van der Waals surface area (Å²) in [4.78, 5) is 2.48. The predicted molar refractivity (Wildman–Crippen MR) is 79.7 cm³/mol. The predicted octanol–water partition coefficient (Wildman–Crippen LogP) is 2.61. The molecule has 1 aromatic rings. The van der Waals surface area contributed by atoms with E-state index in [9.17, 15) is 0 Å². The normalized spacial score (nSPS) is 18.5. The molecule has 1 heterocycles. The highest BCUT2D eigenvalue weighted by atomic mass is 16.5. The van der Waals surface area contributed by atoms with E-state index in [0.29, 0.717) is 5.92 Å². The molecule has 0 bridgehead atoms. The van der Waals surface area contributed by atoms with Gasteiger partial charge in [0.25, 0.3) is 0 Å². The molecule has 3 nitrogen and oxygen atoms in total. The van der Waals surface area contributed by atoms with Crippen LogP contribution in [0.1, 0.15) is 38.2 Å². The van der Waals surface area contributed by atoms with E-state index < -0.39 is 0 Å². The van der Waals surface area contributed by atoms with Gasteiger partial charge in [0, 0.05) is 12.1 Å². The Balaban J connectivity index is 1.92. The zero-order valence-electron chi connectivity index (χ0n) is 12.4. The lowest BCUT2D eigenvalue weighted by molar-refractivity contribution is 0.179. The third-order valence-corrected chi connectivity index (χ3v) is 3.78. The fourth-order valence-electron chi connectivity index (χ4n) is 2.90. The molecule has 0 saturated carbocycles. The minimum atomic E-state index is -0.0944. The van der Waals surface area contributed by atoms with E-state index in [4.69, 9.17) is 10.5 Å². The van der Waals surface area contributed by atoms with Gasteiger partial charge in [-0.1, -0.05) is 12.1 Å². The molecule has 19 heavy (non-hydrogen) atoms. The first kappa shape index (κ1) is 14.4. The van der Waals surface area contributed by atoms with Crippen molar-refractivity contribution in [2.24, 2.45) is 5.73 Å². The Morgan fingerprint density at radius 3 is 2.58 bits per heavy atom. The van der Waals surface area contributed by atoms with Gasteiger partial charge in [-0.2, -0.15) is 0 Å². The fourth-order valence-corrected chi connectivity index (χ4v) is 2.90. The number of nitrogens with two attached hydrogens (primary N) is 1. The summed E-state index contributed by atoms with van der Waals surface area (Å²) in [5.74, 6) is 1.62. The lowest BCUT2D eigenvalue weighted by atomic mass is 9.89. The topological polar surface area (TPSA) is 38.5 Å². The molecule has 1 aliphatic heterocycles. The SMILES string of the molecule is COc1cccc(C2CCN(CC(C)(C)N)CC2)c1. The number of ether oxygens (including phenoxy) is 1. The van der Waals surface area contributed by atoms with Crippen molar-refractivity contribution in [2.45, 2.75) is 38.1 Å². The van der Waals surface area contributed by atoms with Crippen molar-refractivity contribution in [3.63, 3.8) is 0 Å². The van der Waals surface area contributed by atoms with Crippen molar-refractivity contribution in [1.29, 1.82) is 0 Å². The Morgan fingerprint density at radius 1 is 1.32 bits per heavy atom. The van der Waals surface area contributed by atoms with Gasteiger partial charge in [-0.15, -0.1) is 0 Å². The van der Waals surface area contributed by atoms with Crippen LogP contribution in [0.3, 0.4) is 0 Å². The van der Waals surface area contributed by atoms with Crippen molar-refractivity contribution >= 4 is 0 Å². The van der Waals surface area contributed by atoms with Crippen LogP contribution in [0.5, 0.6) is 5.75 Å². The number of piperidine rings is 1. The number of hydrogen-bond donors (Lipinski definition) is 1. The second kappa shape index (κ2) is 5.93. The third kappa shape index (κ3) is 4.22. The molecule has 2 rings (SSSR count). The Hall–Kier alpha value is -1.06. The number of hydrogen-bond acceptors (Lipinski definition) is 3. The van der Waals surface area contributed by atoms with Gasteiger partial charge < -0.3 is 15.4 Å². The van der Waals surface area contributed by atoms with Crippen LogP contribution in [-0.2, 0) is 0 Å². The maximum absolute atomic E-state index is 6.09. The van der Waals surface area contributed by atoms with Gasteiger partial charge in [0.05, 0.1) is 7.11 Å². The molecule has 0 aromatic heterocycles. The molecule has 1 saturated heterocycles. The first-order chi connectivity index (χ1) is 8.98. The molecule has 0 radical (unpaired) electrons. The molecule has 3 heteroatoms. The van der Waals surface area contributed by atoms with E-state index in [2.05, 4.69) is 36.9 Å². The Bertz CT molecular complexity index is 403. The quantitative estimate of drug-likeness (QED) is 0.906. The van der Waals surface area contributed by atoms with Crippen molar-refractivity contribution in [1.82, 2.24) is 4.90 Å². The molecule has 1 aromatic carbocycles. The van der Waals surface area contributed by atoms with Crippen molar-refractivity contribution in [3.8, 4) is 5.75 Å². The molecule has 2 N–H and O–H groups in total. The van der Waals surface area contributed by atoms with Crippen LogP contribution >= 0.6 is 0 Å². The Kier molecular flexibility index (Phi) is 4.48. The van der Waals surface area contributed by atoms with Gasteiger partial charge >= 0.3 is 0 Å². The van der Waals surface area contributed by atoms with Crippen molar-refractivity contribution in [3.05, 3.63) is 29.8 Å². The molecule has 0 atom stereocenters. The van der Waals surface area contributed by atoms with Crippen molar-refractivity contribution < 1.29 is 4.74 Å². The van der Waals surface area contributed by atoms with E-state index in [1.54, 1.807) is 7.11 Å². The molecule has 0 spiro atoms. The van der Waals surface area contributed by atoms with Gasteiger partial charge in [0.15, 0.2) is 0 Å². The van der Waals surface area contributed by atoms with E-state index in [1.807, 2.05) is 6.07 Å². The molecule has 0 unspecified atom stereocenters. The number of methoxy groups -OCH3 is 1. The average Bonchev–Trinajstić information content (AvgIpc) is 2.38. The highest BCUT2D eigenvalue weighted by Gasteiger charge is 2.24. The summed E-state index contributed by atoms with van der Waals surface area (Å²) < 4.78 is 5.31. The van der Waals surface area contributed by atoms with E-state index in [0.717, 1.165) is 25.4 Å². The fraction of sp³-hybridized carbons (Fsp3) is 0.625. The molecule has 0 amide bonds. The molecular formula is C16H26N2O. The number of rotatable bonds is 4. The van der Waals surface area contributed by atoms with Gasteiger partial charge in [-0.25, -0.2) is 0 Å². The van der Waals surface area contributed by atoms with E-state index in [-0.39, 0.29) is 5.54 Å². The van der Waals surface area contributed by atoms with Gasteiger partial charge in [0.1, 0.15) is 5.75 Å². The Labute approximate surface area is 116 Å². The summed E-state index contributed by atoms with van der Waals surface area (Å²) in [5.41, 5.74) is 7.41. The van der Waals surface area contributed by atoms with Gasteiger partial charge in [-0.3, -0.25) is 0 Å². The molecule has 106 valence electrons. The van der Waals surface area contributed by atoms with E-state index >= 15 is 0 Å². The van der Waals surface area contributed by atoms with Crippen molar-refractivity contribution in [2.75, 3.05) is 26.7 Å². The lowest BCUT2D eigenvalue weighted by Crippen LogP contribution is -2.47. The summed E-state index contributed by atoms with van der Waals surface area (Å²) in [6.45, 7) is 7.46. The summed E-state index contributed by atoms with van der Waals surface area (Å²) in [7, 11) is 1.73. The molecule has 1 aliphatic rings. The van der Waals surface area contributed by atoms with Crippen LogP contribution in [0.25, 0.3) is 0 Å². The second-order valence-corrected chi connectivity index (χ2v) is 6.32. The summed E-state index contributed by atoms with van der Waals surface area (Å²) >= 11 is 0. The van der Waals surface area contributed by atoms with E-state index in [1.165, 1.54) is 18.4 Å². The van der Waals surface area contributed by atoms with Gasteiger partial charge in [0.2, 0.25) is 0 Å².